The first-order valence-corrected chi connectivity index (χ1v) is 10.1. The van der Waals surface area contributed by atoms with Crippen molar-refractivity contribution < 1.29 is 9.59 Å². The van der Waals surface area contributed by atoms with Crippen molar-refractivity contribution in [3.63, 3.8) is 0 Å². The van der Waals surface area contributed by atoms with E-state index in [1.165, 1.54) is 5.56 Å². The van der Waals surface area contributed by atoms with E-state index in [9.17, 15) is 9.59 Å². The van der Waals surface area contributed by atoms with Gasteiger partial charge in [0, 0.05) is 19.6 Å². The minimum Gasteiger partial charge on any atom is -0.353 e. The Labute approximate surface area is 166 Å². The van der Waals surface area contributed by atoms with Crippen molar-refractivity contribution in [1.82, 2.24) is 15.5 Å². The molecule has 1 aliphatic heterocycles. The molecule has 2 aromatic rings. The predicted octanol–water partition coefficient (Wildman–Crippen LogP) is 2.23. The van der Waals surface area contributed by atoms with Gasteiger partial charge in [0.15, 0.2) is 0 Å². The topological polar surface area (TPSA) is 61.4 Å². The number of hydrogen-bond acceptors (Lipinski definition) is 3. The highest BCUT2D eigenvalue weighted by atomic mass is 16.2. The monoisotopic (exact) mass is 377 g/mol. The Bertz CT molecular complexity index is 818. The van der Waals surface area contributed by atoms with Crippen molar-refractivity contribution >= 4 is 11.8 Å². The molecule has 5 heteroatoms. The summed E-state index contributed by atoms with van der Waals surface area (Å²) in [6.07, 6.45) is 2.99. The lowest BCUT2D eigenvalue weighted by molar-refractivity contribution is -0.134. The van der Waals surface area contributed by atoms with E-state index in [-0.39, 0.29) is 23.8 Å². The van der Waals surface area contributed by atoms with Gasteiger partial charge in [-0.05, 0) is 30.4 Å². The zero-order valence-electron chi connectivity index (χ0n) is 16.1. The molecule has 0 aromatic heterocycles. The molecule has 2 aromatic carbocycles. The predicted molar refractivity (Wildman–Crippen MR) is 109 cm³/mol. The van der Waals surface area contributed by atoms with Gasteiger partial charge in [-0.25, -0.2) is 0 Å². The third-order valence-corrected chi connectivity index (χ3v) is 5.81. The van der Waals surface area contributed by atoms with Gasteiger partial charge in [0.2, 0.25) is 11.8 Å². The standard InChI is InChI=1S/C23H27N3O2/c27-21(25-23(12-13-23)19-9-5-2-6-10-19)17-20-22(28)24-14-16-26(20)15-11-18-7-3-1-4-8-18/h1-10,20H,11-17H2,(H,24,28)(H,25,27)/t20-/m1/s1. The maximum atomic E-state index is 12.8. The smallest absolute Gasteiger partial charge is 0.237 e. The van der Waals surface area contributed by atoms with Crippen LogP contribution in [0.25, 0.3) is 0 Å². The number of carbonyl (C=O) groups excluding carboxylic acids is 2. The lowest BCUT2D eigenvalue weighted by atomic mass is 10.0. The number of rotatable bonds is 7. The minimum atomic E-state index is -0.399. The maximum Gasteiger partial charge on any atom is 0.237 e. The number of amides is 2. The molecule has 1 atom stereocenters. The highest BCUT2D eigenvalue weighted by molar-refractivity contribution is 5.89. The van der Waals surface area contributed by atoms with Gasteiger partial charge in [0.25, 0.3) is 0 Å². The van der Waals surface area contributed by atoms with E-state index in [0.29, 0.717) is 6.54 Å². The number of nitrogens with zero attached hydrogens (tertiary/aromatic N) is 1. The van der Waals surface area contributed by atoms with E-state index in [1.54, 1.807) is 0 Å². The molecule has 0 bridgehead atoms. The van der Waals surface area contributed by atoms with Crippen molar-refractivity contribution in [3.05, 3.63) is 71.8 Å². The van der Waals surface area contributed by atoms with Crippen LogP contribution in [0.15, 0.2) is 60.7 Å². The van der Waals surface area contributed by atoms with Crippen molar-refractivity contribution in [2.24, 2.45) is 0 Å². The molecule has 2 aliphatic rings. The molecular formula is C23H27N3O2. The van der Waals surface area contributed by atoms with Crippen LogP contribution in [0.4, 0.5) is 0 Å². The summed E-state index contributed by atoms with van der Waals surface area (Å²) in [5.41, 5.74) is 2.16. The summed E-state index contributed by atoms with van der Waals surface area (Å²) in [6.45, 7) is 2.19. The molecule has 1 saturated carbocycles. The Balaban J connectivity index is 1.38. The van der Waals surface area contributed by atoms with Gasteiger partial charge in [-0.1, -0.05) is 60.7 Å². The average molecular weight is 377 g/mol. The van der Waals surface area contributed by atoms with Crippen molar-refractivity contribution in [1.29, 1.82) is 0 Å². The van der Waals surface area contributed by atoms with Gasteiger partial charge in [0.1, 0.15) is 0 Å². The first-order chi connectivity index (χ1) is 13.7. The average Bonchev–Trinajstić information content (AvgIpc) is 3.50. The van der Waals surface area contributed by atoms with Crippen LogP contribution in [-0.4, -0.2) is 42.4 Å². The minimum absolute atomic E-state index is 0.0426. The maximum absolute atomic E-state index is 12.8. The summed E-state index contributed by atoms with van der Waals surface area (Å²) >= 11 is 0. The number of nitrogens with one attached hydrogen (secondary N) is 2. The molecule has 28 heavy (non-hydrogen) atoms. The Hall–Kier alpha value is -2.66. The fourth-order valence-electron chi connectivity index (χ4n) is 4.03. The number of piperazine rings is 1. The highest BCUT2D eigenvalue weighted by Gasteiger charge is 2.46. The van der Waals surface area contributed by atoms with Crippen LogP contribution < -0.4 is 10.6 Å². The molecule has 1 saturated heterocycles. The first kappa shape index (κ1) is 18.7. The lowest BCUT2D eigenvalue weighted by Crippen LogP contribution is -2.57. The van der Waals surface area contributed by atoms with Gasteiger partial charge < -0.3 is 10.6 Å². The number of hydrogen-bond donors (Lipinski definition) is 2. The molecular weight excluding hydrogens is 350 g/mol. The summed E-state index contributed by atoms with van der Waals surface area (Å²) in [5, 5.41) is 6.12. The van der Waals surface area contributed by atoms with Crippen LogP contribution in [0.2, 0.25) is 0 Å². The summed E-state index contributed by atoms with van der Waals surface area (Å²) in [4.78, 5) is 27.4. The Morgan fingerprint density at radius 1 is 1.07 bits per heavy atom. The highest BCUT2D eigenvalue weighted by Crippen LogP contribution is 2.45. The van der Waals surface area contributed by atoms with Crippen LogP contribution in [0.5, 0.6) is 0 Å². The number of carbonyl (C=O) groups is 2. The normalized spacial score (nSPS) is 21.0. The van der Waals surface area contributed by atoms with E-state index in [4.69, 9.17) is 0 Å². The van der Waals surface area contributed by atoms with Crippen LogP contribution in [0.1, 0.15) is 30.4 Å². The van der Waals surface area contributed by atoms with Crippen LogP contribution in [0, 0.1) is 0 Å². The summed E-state index contributed by atoms with van der Waals surface area (Å²) in [7, 11) is 0. The molecule has 0 spiro atoms. The van der Waals surface area contributed by atoms with Gasteiger partial charge in [0.05, 0.1) is 18.0 Å². The zero-order valence-corrected chi connectivity index (χ0v) is 16.1. The van der Waals surface area contributed by atoms with Crippen molar-refractivity contribution in [3.8, 4) is 0 Å². The van der Waals surface area contributed by atoms with E-state index < -0.39 is 6.04 Å². The molecule has 2 fully saturated rings. The van der Waals surface area contributed by atoms with Gasteiger partial charge >= 0.3 is 0 Å². The SMILES string of the molecule is O=C(C[C@@H]1C(=O)NCCN1CCc1ccccc1)NC1(c2ccccc2)CC1. The molecule has 4 rings (SSSR count). The Kier molecular flexibility index (Phi) is 5.44. The quantitative estimate of drug-likeness (QED) is 0.778. The van der Waals surface area contributed by atoms with Crippen LogP contribution >= 0.6 is 0 Å². The Morgan fingerprint density at radius 3 is 2.43 bits per heavy atom. The van der Waals surface area contributed by atoms with E-state index in [2.05, 4.69) is 39.8 Å². The zero-order chi connectivity index (χ0) is 19.4. The van der Waals surface area contributed by atoms with Crippen molar-refractivity contribution in [2.75, 3.05) is 19.6 Å². The lowest BCUT2D eigenvalue weighted by Gasteiger charge is -2.35. The molecule has 5 nitrogen and oxygen atoms in total. The molecule has 146 valence electrons. The fraction of sp³-hybridized carbons (Fsp3) is 0.391. The largest absolute Gasteiger partial charge is 0.353 e. The van der Waals surface area contributed by atoms with E-state index >= 15 is 0 Å². The second-order valence-electron chi connectivity index (χ2n) is 7.78. The second kappa shape index (κ2) is 8.15. The van der Waals surface area contributed by atoms with Gasteiger partial charge in [-0.2, -0.15) is 0 Å². The first-order valence-electron chi connectivity index (χ1n) is 10.1. The van der Waals surface area contributed by atoms with Gasteiger partial charge in [-0.15, -0.1) is 0 Å². The third-order valence-electron chi connectivity index (χ3n) is 5.81. The van der Waals surface area contributed by atoms with Gasteiger partial charge in [-0.3, -0.25) is 14.5 Å². The molecule has 1 heterocycles. The van der Waals surface area contributed by atoms with E-state index in [1.807, 2.05) is 36.4 Å². The van der Waals surface area contributed by atoms with Crippen molar-refractivity contribution in [2.45, 2.75) is 37.3 Å². The van der Waals surface area contributed by atoms with E-state index in [0.717, 1.165) is 37.9 Å². The Morgan fingerprint density at radius 2 is 1.75 bits per heavy atom. The van der Waals surface area contributed by atoms with Crippen LogP contribution in [0.3, 0.4) is 0 Å². The second-order valence-corrected chi connectivity index (χ2v) is 7.78. The molecule has 0 unspecified atom stereocenters. The summed E-state index contributed by atoms with van der Waals surface area (Å²) in [6, 6.07) is 20.0. The molecule has 2 amide bonds. The molecule has 2 N–H and O–H groups in total. The summed E-state index contributed by atoms with van der Waals surface area (Å²) in [5.74, 6) is -0.0906. The van der Waals surface area contributed by atoms with Crippen LogP contribution in [-0.2, 0) is 21.5 Å². The third kappa shape index (κ3) is 4.25. The molecule has 0 radical (unpaired) electrons. The molecule has 1 aliphatic carbocycles. The fourth-order valence-corrected chi connectivity index (χ4v) is 4.03. The summed E-state index contributed by atoms with van der Waals surface area (Å²) < 4.78 is 0. The number of benzene rings is 2.